The molecular formula is C12H14N2O. The van der Waals surface area contributed by atoms with E-state index in [4.69, 9.17) is 4.74 Å². The van der Waals surface area contributed by atoms with Crippen molar-refractivity contribution in [1.29, 1.82) is 0 Å². The molecule has 0 radical (unpaired) electrons. The van der Waals surface area contributed by atoms with Crippen LogP contribution in [-0.4, -0.2) is 23.0 Å². The first kappa shape index (κ1) is 8.92. The fourth-order valence-electron chi connectivity index (χ4n) is 2.12. The Kier molecular flexibility index (Phi) is 2.18. The maximum Gasteiger partial charge on any atom is 0.0923 e. The van der Waals surface area contributed by atoms with E-state index in [0.29, 0.717) is 6.04 Å². The Morgan fingerprint density at radius 3 is 2.80 bits per heavy atom. The summed E-state index contributed by atoms with van der Waals surface area (Å²) < 4.78 is 7.46. The van der Waals surface area contributed by atoms with Crippen molar-refractivity contribution in [3.8, 4) is 0 Å². The zero-order valence-corrected chi connectivity index (χ0v) is 8.60. The van der Waals surface area contributed by atoms with Gasteiger partial charge in [0.15, 0.2) is 0 Å². The number of rotatable bonds is 1. The molecule has 1 aliphatic heterocycles. The molecule has 0 bridgehead atoms. The van der Waals surface area contributed by atoms with Crippen LogP contribution >= 0.6 is 0 Å². The molecule has 0 spiro atoms. The van der Waals surface area contributed by atoms with Crippen molar-refractivity contribution >= 4 is 10.9 Å². The Labute approximate surface area is 88.7 Å². The van der Waals surface area contributed by atoms with Gasteiger partial charge in [-0.2, -0.15) is 5.10 Å². The third-order valence-electron chi connectivity index (χ3n) is 3.00. The topological polar surface area (TPSA) is 27.1 Å². The first-order valence-electron chi connectivity index (χ1n) is 5.45. The highest BCUT2D eigenvalue weighted by Crippen LogP contribution is 2.22. The predicted octanol–water partition coefficient (Wildman–Crippen LogP) is 2.39. The highest BCUT2D eigenvalue weighted by molar-refractivity contribution is 5.77. The second-order valence-electron chi connectivity index (χ2n) is 4.01. The van der Waals surface area contributed by atoms with Crippen LogP contribution in [0.3, 0.4) is 0 Å². The summed E-state index contributed by atoms with van der Waals surface area (Å²) >= 11 is 0. The minimum atomic E-state index is 0.520. The van der Waals surface area contributed by atoms with Gasteiger partial charge in [-0.15, -0.1) is 0 Å². The second-order valence-corrected chi connectivity index (χ2v) is 4.01. The molecule has 1 aliphatic rings. The average molecular weight is 202 g/mol. The lowest BCUT2D eigenvalue weighted by Gasteiger charge is -2.22. The maximum atomic E-state index is 5.35. The molecule has 78 valence electrons. The van der Waals surface area contributed by atoms with Gasteiger partial charge in [-0.25, -0.2) is 0 Å². The van der Waals surface area contributed by atoms with Crippen LogP contribution in [0.25, 0.3) is 10.9 Å². The summed E-state index contributed by atoms with van der Waals surface area (Å²) in [5.41, 5.74) is 1.09. The highest BCUT2D eigenvalue weighted by atomic mass is 16.5. The van der Waals surface area contributed by atoms with Crippen molar-refractivity contribution in [1.82, 2.24) is 9.78 Å². The van der Waals surface area contributed by atoms with Crippen molar-refractivity contribution in [2.45, 2.75) is 18.9 Å². The number of hydrogen-bond acceptors (Lipinski definition) is 2. The first-order chi connectivity index (χ1) is 7.43. The molecule has 2 heterocycles. The molecule has 0 unspecified atom stereocenters. The molecule has 0 saturated carbocycles. The van der Waals surface area contributed by atoms with Gasteiger partial charge in [0.1, 0.15) is 0 Å². The van der Waals surface area contributed by atoms with E-state index in [1.165, 1.54) is 5.39 Å². The largest absolute Gasteiger partial charge is 0.381 e. The van der Waals surface area contributed by atoms with Gasteiger partial charge in [-0.05, 0) is 18.9 Å². The summed E-state index contributed by atoms with van der Waals surface area (Å²) in [5.74, 6) is 0. The molecule has 3 rings (SSSR count). The predicted molar refractivity (Wildman–Crippen MR) is 58.8 cm³/mol. The molecule has 1 aromatic carbocycles. The zero-order chi connectivity index (χ0) is 10.1. The summed E-state index contributed by atoms with van der Waals surface area (Å²) in [5, 5.41) is 5.82. The minimum absolute atomic E-state index is 0.520. The SMILES string of the molecule is c1ccc2nn(C3CCOCC3)cc2c1. The molecule has 15 heavy (non-hydrogen) atoms. The van der Waals surface area contributed by atoms with Gasteiger partial charge in [0.25, 0.3) is 0 Å². The van der Waals surface area contributed by atoms with E-state index in [9.17, 15) is 0 Å². The number of fused-ring (bicyclic) bond motifs is 1. The molecular weight excluding hydrogens is 188 g/mol. The highest BCUT2D eigenvalue weighted by Gasteiger charge is 2.16. The third-order valence-corrected chi connectivity index (χ3v) is 3.00. The molecule has 0 amide bonds. The quantitative estimate of drug-likeness (QED) is 0.710. The van der Waals surface area contributed by atoms with E-state index in [1.807, 2.05) is 6.07 Å². The molecule has 1 saturated heterocycles. The van der Waals surface area contributed by atoms with Gasteiger partial charge in [-0.3, -0.25) is 4.68 Å². The third kappa shape index (κ3) is 1.63. The summed E-state index contributed by atoms with van der Waals surface area (Å²) in [6.07, 6.45) is 4.30. The van der Waals surface area contributed by atoms with Gasteiger partial charge < -0.3 is 4.74 Å². The Morgan fingerprint density at radius 1 is 1.20 bits per heavy atom. The van der Waals surface area contributed by atoms with E-state index < -0.39 is 0 Å². The Bertz CT molecular complexity index is 424. The van der Waals surface area contributed by atoms with Crippen LogP contribution in [0, 0.1) is 0 Å². The van der Waals surface area contributed by atoms with Crippen LogP contribution in [0.4, 0.5) is 0 Å². The van der Waals surface area contributed by atoms with E-state index in [-0.39, 0.29) is 0 Å². The average Bonchev–Trinajstić information content (AvgIpc) is 2.74. The number of nitrogens with zero attached hydrogens (tertiary/aromatic N) is 2. The van der Waals surface area contributed by atoms with Crippen LogP contribution in [0.2, 0.25) is 0 Å². The summed E-state index contributed by atoms with van der Waals surface area (Å²) in [4.78, 5) is 0. The van der Waals surface area contributed by atoms with Crippen molar-refractivity contribution in [3.63, 3.8) is 0 Å². The summed E-state index contributed by atoms with van der Waals surface area (Å²) in [7, 11) is 0. The van der Waals surface area contributed by atoms with Crippen LogP contribution in [0.1, 0.15) is 18.9 Å². The lowest BCUT2D eigenvalue weighted by atomic mass is 10.1. The van der Waals surface area contributed by atoms with Crippen LogP contribution in [0.15, 0.2) is 30.5 Å². The first-order valence-corrected chi connectivity index (χ1v) is 5.45. The molecule has 3 heteroatoms. The van der Waals surface area contributed by atoms with Crippen molar-refractivity contribution < 1.29 is 4.74 Å². The van der Waals surface area contributed by atoms with E-state index >= 15 is 0 Å². The lowest BCUT2D eigenvalue weighted by molar-refractivity contribution is 0.0664. The van der Waals surface area contributed by atoms with E-state index in [1.54, 1.807) is 0 Å². The Morgan fingerprint density at radius 2 is 2.00 bits per heavy atom. The van der Waals surface area contributed by atoms with Crippen LogP contribution < -0.4 is 0 Å². The molecule has 0 aliphatic carbocycles. The van der Waals surface area contributed by atoms with Crippen LogP contribution in [0.5, 0.6) is 0 Å². The molecule has 1 aromatic heterocycles. The normalized spacial score (nSPS) is 18.4. The van der Waals surface area contributed by atoms with Crippen molar-refractivity contribution in [3.05, 3.63) is 30.5 Å². The Balaban J connectivity index is 1.96. The number of benzene rings is 1. The van der Waals surface area contributed by atoms with Gasteiger partial charge >= 0.3 is 0 Å². The molecule has 3 nitrogen and oxygen atoms in total. The lowest BCUT2D eigenvalue weighted by Crippen LogP contribution is -2.19. The molecule has 1 fully saturated rings. The second kappa shape index (κ2) is 3.66. The minimum Gasteiger partial charge on any atom is -0.381 e. The van der Waals surface area contributed by atoms with Gasteiger partial charge in [0.05, 0.1) is 11.6 Å². The monoisotopic (exact) mass is 202 g/mol. The molecule has 2 aromatic rings. The summed E-state index contributed by atoms with van der Waals surface area (Å²) in [6.45, 7) is 1.72. The van der Waals surface area contributed by atoms with Gasteiger partial charge in [0.2, 0.25) is 0 Å². The van der Waals surface area contributed by atoms with Crippen molar-refractivity contribution in [2.24, 2.45) is 0 Å². The standard InChI is InChI=1S/C12H14N2O/c1-2-4-12-10(3-1)9-14(13-12)11-5-7-15-8-6-11/h1-4,9,11H,5-8H2. The zero-order valence-electron chi connectivity index (χ0n) is 8.60. The Hall–Kier alpha value is -1.35. The van der Waals surface area contributed by atoms with Crippen LogP contribution in [-0.2, 0) is 4.74 Å². The maximum absolute atomic E-state index is 5.35. The smallest absolute Gasteiger partial charge is 0.0923 e. The van der Waals surface area contributed by atoms with Gasteiger partial charge in [0, 0.05) is 24.8 Å². The number of aromatic nitrogens is 2. The molecule has 0 atom stereocenters. The van der Waals surface area contributed by atoms with Gasteiger partial charge in [-0.1, -0.05) is 18.2 Å². The number of hydrogen-bond donors (Lipinski definition) is 0. The van der Waals surface area contributed by atoms with Crippen molar-refractivity contribution in [2.75, 3.05) is 13.2 Å². The summed E-state index contributed by atoms with van der Waals surface area (Å²) in [6, 6.07) is 8.77. The fraction of sp³-hybridized carbons (Fsp3) is 0.417. The molecule has 0 N–H and O–H groups in total. The van der Waals surface area contributed by atoms with E-state index in [0.717, 1.165) is 31.6 Å². The number of ether oxygens (including phenoxy) is 1. The fourth-order valence-corrected chi connectivity index (χ4v) is 2.12. The van der Waals surface area contributed by atoms with E-state index in [2.05, 4.69) is 34.2 Å².